The molecule has 0 aliphatic carbocycles. The summed E-state index contributed by atoms with van der Waals surface area (Å²) in [6.07, 6.45) is 0.958. The highest BCUT2D eigenvalue weighted by atomic mass is 127. The maximum atomic E-state index is 13.2. The molecule has 2 rings (SSSR count). The van der Waals surface area contributed by atoms with Crippen molar-refractivity contribution in [1.29, 1.82) is 0 Å². The van der Waals surface area contributed by atoms with E-state index in [4.69, 9.17) is 9.47 Å². The second-order valence-electron chi connectivity index (χ2n) is 6.99. The second-order valence-corrected chi connectivity index (χ2v) is 6.99. The third-order valence-corrected chi connectivity index (χ3v) is 4.74. The quantitative estimate of drug-likeness (QED) is 0.203. The summed E-state index contributed by atoms with van der Waals surface area (Å²) in [4.78, 5) is 18.3. The SMILES string of the molecule is CN=C(NCCNC(=O)Cc1cccc(F)c1)N(C)CCc1ccc(OC)c(OC)c1.I. The van der Waals surface area contributed by atoms with Gasteiger partial charge >= 0.3 is 0 Å². The van der Waals surface area contributed by atoms with Crippen molar-refractivity contribution in [3.8, 4) is 11.5 Å². The number of guanidine groups is 1. The first-order valence-corrected chi connectivity index (χ1v) is 10.1. The molecule has 0 saturated carbocycles. The van der Waals surface area contributed by atoms with Crippen LogP contribution < -0.4 is 20.1 Å². The highest BCUT2D eigenvalue weighted by Gasteiger charge is 2.09. The van der Waals surface area contributed by atoms with Crippen LogP contribution in [0.2, 0.25) is 0 Å². The summed E-state index contributed by atoms with van der Waals surface area (Å²) >= 11 is 0. The lowest BCUT2D eigenvalue weighted by Gasteiger charge is -2.22. The molecule has 0 heterocycles. The molecular formula is C23H32FIN4O3. The molecule has 0 saturated heterocycles. The molecule has 0 fully saturated rings. The Morgan fingerprint density at radius 2 is 1.75 bits per heavy atom. The van der Waals surface area contributed by atoms with Gasteiger partial charge in [-0.1, -0.05) is 18.2 Å². The number of halogens is 2. The molecule has 0 radical (unpaired) electrons. The number of aliphatic imine (C=N–C) groups is 1. The van der Waals surface area contributed by atoms with Crippen LogP contribution in [0.4, 0.5) is 4.39 Å². The fourth-order valence-electron chi connectivity index (χ4n) is 3.09. The third-order valence-electron chi connectivity index (χ3n) is 4.74. The van der Waals surface area contributed by atoms with E-state index in [0.717, 1.165) is 24.5 Å². The number of nitrogens with zero attached hydrogens (tertiary/aromatic N) is 2. The van der Waals surface area contributed by atoms with Crippen molar-refractivity contribution >= 4 is 35.8 Å². The molecule has 0 aliphatic heterocycles. The maximum absolute atomic E-state index is 13.2. The summed E-state index contributed by atoms with van der Waals surface area (Å²) in [7, 11) is 6.91. The Morgan fingerprint density at radius 1 is 1.03 bits per heavy atom. The Balaban J connectivity index is 0.00000512. The fraction of sp³-hybridized carbons (Fsp3) is 0.391. The van der Waals surface area contributed by atoms with Gasteiger partial charge in [-0.3, -0.25) is 9.79 Å². The number of nitrogens with one attached hydrogen (secondary N) is 2. The zero-order valence-corrected chi connectivity index (χ0v) is 21.3. The van der Waals surface area contributed by atoms with Gasteiger partial charge in [-0.25, -0.2) is 4.39 Å². The van der Waals surface area contributed by atoms with Crippen LogP contribution in [0.3, 0.4) is 0 Å². The van der Waals surface area contributed by atoms with Crippen LogP contribution in [-0.4, -0.2) is 64.7 Å². The van der Waals surface area contributed by atoms with E-state index in [1.54, 1.807) is 33.4 Å². The van der Waals surface area contributed by atoms with Gasteiger partial charge in [0.2, 0.25) is 5.91 Å². The third kappa shape index (κ3) is 8.89. The lowest BCUT2D eigenvalue weighted by molar-refractivity contribution is -0.120. The van der Waals surface area contributed by atoms with Crippen LogP contribution in [0.25, 0.3) is 0 Å². The molecule has 1 amide bonds. The molecule has 176 valence electrons. The van der Waals surface area contributed by atoms with Gasteiger partial charge in [-0.2, -0.15) is 0 Å². The summed E-state index contributed by atoms with van der Waals surface area (Å²) in [5, 5.41) is 6.06. The highest BCUT2D eigenvalue weighted by molar-refractivity contribution is 14.0. The standard InChI is InChI=1S/C23H31FN4O3.HI/c1-25-23(27-12-11-26-22(29)16-18-6-5-7-19(24)14-18)28(2)13-10-17-8-9-20(30-3)21(15-17)31-4;/h5-9,14-15H,10-13,16H2,1-4H3,(H,25,27)(H,26,29);1H. The molecule has 9 heteroatoms. The zero-order valence-electron chi connectivity index (χ0n) is 19.0. The van der Waals surface area contributed by atoms with Crippen LogP contribution in [-0.2, 0) is 17.6 Å². The minimum absolute atomic E-state index is 0. The van der Waals surface area contributed by atoms with Crippen molar-refractivity contribution in [1.82, 2.24) is 15.5 Å². The summed E-state index contributed by atoms with van der Waals surface area (Å²) in [6, 6.07) is 11.9. The number of methoxy groups -OCH3 is 2. The molecule has 0 spiro atoms. The Morgan fingerprint density at radius 3 is 2.41 bits per heavy atom. The monoisotopic (exact) mass is 558 g/mol. The lowest BCUT2D eigenvalue weighted by atomic mass is 10.1. The lowest BCUT2D eigenvalue weighted by Crippen LogP contribution is -2.43. The van der Waals surface area contributed by atoms with E-state index >= 15 is 0 Å². The Hall–Kier alpha value is -2.56. The summed E-state index contributed by atoms with van der Waals surface area (Å²) in [5.74, 6) is 1.66. The first kappa shape index (κ1) is 27.5. The summed E-state index contributed by atoms with van der Waals surface area (Å²) in [6.45, 7) is 1.72. The summed E-state index contributed by atoms with van der Waals surface area (Å²) in [5.41, 5.74) is 1.78. The van der Waals surface area contributed by atoms with Gasteiger partial charge in [-0.05, 0) is 41.8 Å². The number of amides is 1. The second kappa shape index (κ2) is 14.5. The smallest absolute Gasteiger partial charge is 0.224 e. The van der Waals surface area contributed by atoms with Gasteiger partial charge < -0.3 is 25.0 Å². The van der Waals surface area contributed by atoms with E-state index in [1.165, 1.54) is 12.1 Å². The average Bonchev–Trinajstić information content (AvgIpc) is 2.77. The number of carbonyl (C=O) groups excluding carboxylic acids is 1. The number of ether oxygens (including phenoxy) is 2. The molecule has 7 nitrogen and oxygen atoms in total. The number of hydrogen-bond donors (Lipinski definition) is 2. The van der Waals surface area contributed by atoms with E-state index in [9.17, 15) is 9.18 Å². The molecule has 2 N–H and O–H groups in total. The molecular weight excluding hydrogens is 526 g/mol. The number of benzene rings is 2. The fourth-order valence-corrected chi connectivity index (χ4v) is 3.09. The molecule has 0 atom stereocenters. The summed E-state index contributed by atoms with van der Waals surface area (Å²) < 4.78 is 23.8. The molecule has 0 bridgehead atoms. The largest absolute Gasteiger partial charge is 0.493 e. The van der Waals surface area contributed by atoms with Crippen LogP contribution in [0.5, 0.6) is 11.5 Å². The zero-order chi connectivity index (χ0) is 22.6. The van der Waals surface area contributed by atoms with Crippen molar-refractivity contribution in [3.63, 3.8) is 0 Å². The molecule has 32 heavy (non-hydrogen) atoms. The first-order chi connectivity index (χ1) is 15.0. The van der Waals surface area contributed by atoms with Crippen LogP contribution in [0.1, 0.15) is 11.1 Å². The van der Waals surface area contributed by atoms with Crippen molar-refractivity contribution in [2.45, 2.75) is 12.8 Å². The van der Waals surface area contributed by atoms with Crippen molar-refractivity contribution < 1.29 is 18.7 Å². The Labute approximate surface area is 206 Å². The first-order valence-electron chi connectivity index (χ1n) is 10.1. The average molecular weight is 558 g/mol. The van der Waals surface area contributed by atoms with E-state index in [1.807, 2.05) is 30.1 Å². The van der Waals surface area contributed by atoms with Crippen LogP contribution in [0.15, 0.2) is 47.5 Å². The van der Waals surface area contributed by atoms with Gasteiger partial charge in [0, 0.05) is 33.7 Å². The van der Waals surface area contributed by atoms with Crippen molar-refractivity contribution in [2.24, 2.45) is 4.99 Å². The van der Waals surface area contributed by atoms with Gasteiger partial charge in [0.1, 0.15) is 5.82 Å². The maximum Gasteiger partial charge on any atom is 0.224 e. The molecule has 0 aliphatic rings. The van der Waals surface area contributed by atoms with E-state index < -0.39 is 0 Å². The van der Waals surface area contributed by atoms with E-state index in [-0.39, 0.29) is 42.1 Å². The highest BCUT2D eigenvalue weighted by Crippen LogP contribution is 2.27. The number of hydrogen-bond acceptors (Lipinski definition) is 4. The number of carbonyl (C=O) groups is 1. The van der Waals surface area contributed by atoms with Gasteiger partial charge in [0.25, 0.3) is 0 Å². The van der Waals surface area contributed by atoms with Gasteiger partial charge in [0.05, 0.1) is 20.6 Å². The predicted octanol–water partition coefficient (Wildman–Crippen LogP) is 2.87. The van der Waals surface area contributed by atoms with E-state index in [2.05, 4.69) is 15.6 Å². The molecule has 2 aromatic rings. The van der Waals surface area contributed by atoms with E-state index in [0.29, 0.717) is 30.2 Å². The minimum atomic E-state index is -0.341. The number of likely N-dealkylation sites (N-methyl/N-ethyl adjacent to an activating group) is 1. The normalized spacial score (nSPS) is 10.7. The molecule has 2 aromatic carbocycles. The minimum Gasteiger partial charge on any atom is -0.493 e. The van der Waals surface area contributed by atoms with Crippen molar-refractivity contribution in [3.05, 3.63) is 59.4 Å². The topological polar surface area (TPSA) is 75.2 Å². The Bertz CT molecular complexity index is 895. The van der Waals surface area contributed by atoms with Crippen LogP contribution >= 0.6 is 24.0 Å². The predicted molar refractivity (Wildman–Crippen MR) is 136 cm³/mol. The van der Waals surface area contributed by atoms with Gasteiger partial charge in [0.15, 0.2) is 17.5 Å². The Kier molecular flexibility index (Phi) is 12.4. The number of rotatable bonds is 10. The van der Waals surface area contributed by atoms with Crippen molar-refractivity contribution in [2.75, 3.05) is 47.9 Å². The molecule has 0 aromatic heterocycles. The van der Waals surface area contributed by atoms with Crippen LogP contribution in [0, 0.1) is 5.82 Å². The molecule has 0 unspecified atom stereocenters. The van der Waals surface area contributed by atoms with Gasteiger partial charge in [-0.15, -0.1) is 24.0 Å².